The van der Waals surface area contributed by atoms with Gasteiger partial charge in [0.05, 0.1) is 0 Å². The Balaban J connectivity index is 1.80. The molecule has 0 radical (unpaired) electrons. The second kappa shape index (κ2) is 5.75. The van der Waals surface area contributed by atoms with Crippen LogP contribution in [0.25, 0.3) is 10.8 Å². The second-order valence-corrected chi connectivity index (χ2v) is 5.74. The minimum atomic E-state index is 0.523. The van der Waals surface area contributed by atoms with Crippen LogP contribution in [-0.4, -0.2) is 6.54 Å². The van der Waals surface area contributed by atoms with Crippen LogP contribution in [0.5, 0.6) is 0 Å². The van der Waals surface area contributed by atoms with Crippen molar-refractivity contribution in [2.45, 2.75) is 38.6 Å². The molecule has 2 aromatic carbocycles. The number of hydrogen-bond donors (Lipinski definition) is 1. The van der Waals surface area contributed by atoms with Gasteiger partial charge in [0, 0.05) is 6.04 Å². The van der Waals surface area contributed by atoms with Crippen LogP contribution in [-0.2, 0) is 0 Å². The van der Waals surface area contributed by atoms with Crippen LogP contribution in [0.4, 0.5) is 0 Å². The fourth-order valence-corrected chi connectivity index (χ4v) is 2.87. The zero-order chi connectivity index (χ0) is 13.1. The van der Waals surface area contributed by atoms with Gasteiger partial charge in [-0.25, -0.2) is 0 Å². The normalized spacial score (nSPS) is 16.7. The predicted molar refractivity (Wildman–Crippen MR) is 82.3 cm³/mol. The Bertz CT molecular complexity index is 542. The molecule has 1 fully saturated rings. The minimum Gasteiger partial charge on any atom is -0.310 e. The third kappa shape index (κ3) is 3.16. The van der Waals surface area contributed by atoms with Gasteiger partial charge in [-0.3, -0.25) is 0 Å². The van der Waals surface area contributed by atoms with E-state index in [0.717, 1.165) is 12.5 Å². The highest BCUT2D eigenvalue weighted by Gasteiger charge is 2.22. The molecule has 1 unspecified atom stereocenters. The topological polar surface area (TPSA) is 12.0 Å². The van der Waals surface area contributed by atoms with E-state index >= 15 is 0 Å². The maximum absolute atomic E-state index is 3.65. The first-order valence-corrected chi connectivity index (χ1v) is 7.59. The Hall–Kier alpha value is -1.34. The molecule has 1 heteroatoms. The molecule has 3 rings (SSSR count). The summed E-state index contributed by atoms with van der Waals surface area (Å²) < 4.78 is 0. The first kappa shape index (κ1) is 12.7. The summed E-state index contributed by atoms with van der Waals surface area (Å²) in [5.41, 5.74) is 1.45. The molecule has 1 saturated carbocycles. The highest BCUT2D eigenvalue weighted by molar-refractivity contribution is 5.83. The van der Waals surface area contributed by atoms with Gasteiger partial charge in [0.2, 0.25) is 0 Å². The van der Waals surface area contributed by atoms with Crippen molar-refractivity contribution in [3.63, 3.8) is 0 Å². The fraction of sp³-hybridized carbons (Fsp3) is 0.444. The molecule has 0 heterocycles. The molecule has 0 saturated heterocycles. The van der Waals surface area contributed by atoms with E-state index in [1.807, 2.05) is 0 Å². The lowest BCUT2D eigenvalue weighted by Gasteiger charge is -2.19. The molecule has 2 aromatic rings. The van der Waals surface area contributed by atoms with Crippen molar-refractivity contribution in [3.8, 4) is 0 Å². The number of fused-ring (bicyclic) bond motifs is 1. The SMILES string of the molecule is CCNC(CCC1CC1)c1ccc2ccccc2c1. The van der Waals surface area contributed by atoms with Crippen molar-refractivity contribution in [1.29, 1.82) is 0 Å². The predicted octanol–water partition coefficient (Wildman–Crippen LogP) is 4.68. The fourth-order valence-electron chi connectivity index (χ4n) is 2.87. The quantitative estimate of drug-likeness (QED) is 0.788. The van der Waals surface area contributed by atoms with E-state index in [2.05, 4.69) is 54.7 Å². The van der Waals surface area contributed by atoms with Crippen molar-refractivity contribution in [2.75, 3.05) is 6.54 Å². The van der Waals surface area contributed by atoms with Gasteiger partial charge in [0.1, 0.15) is 0 Å². The van der Waals surface area contributed by atoms with Crippen LogP contribution in [0.2, 0.25) is 0 Å². The standard InChI is InChI=1S/C18H23N/c1-2-19-18(12-9-14-7-8-14)17-11-10-15-5-3-4-6-16(15)13-17/h3-6,10-11,13-14,18-19H,2,7-9,12H2,1H3. The van der Waals surface area contributed by atoms with Gasteiger partial charge in [-0.05, 0) is 47.7 Å². The Morgan fingerprint density at radius 2 is 1.89 bits per heavy atom. The smallest absolute Gasteiger partial charge is 0.0320 e. The van der Waals surface area contributed by atoms with E-state index in [1.165, 1.54) is 42.0 Å². The largest absolute Gasteiger partial charge is 0.310 e. The Kier molecular flexibility index (Phi) is 3.84. The Morgan fingerprint density at radius 1 is 1.11 bits per heavy atom. The van der Waals surface area contributed by atoms with Crippen molar-refractivity contribution in [3.05, 3.63) is 48.0 Å². The summed E-state index contributed by atoms with van der Waals surface area (Å²) in [5.74, 6) is 1.02. The number of rotatable bonds is 6. The summed E-state index contributed by atoms with van der Waals surface area (Å²) >= 11 is 0. The van der Waals surface area contributed by atoms with Gasteiger partial charge in [0.15, 0.2) is 0 Å². The summed E-state index contributed by atoms with van der Waals surface area (Å²) in [4.78, 5) is 0. The maximum Gasteiger partial charge on any atom is 0.0320 e. The van der Waals surface area contributed by atoms with Gasteiger partial charge in [-0.1, -0.05) is 56.2 Å². The van der Waals surface area contributed by atoms with E-state index < -0.39 is 0 Å². The molecule has 1 N–H and O–H groups in total. The minimum absolute atomic E-state index is 0.523. The zero-order valence-corrected chi connectivity index (χ0v) is 11.7. The highest BCUT2D eigenvalue weighted by atomic mass is 14.9. The number of hydrogen-bond acceptors (Lipinski definition) is 1. The van der Waals surface area contributed by atoms with Gasteiger partial charge >= 0.3 is 0 Å². The Morgan fingerprint density at radius 3 is 2.63 bits per heavy atom. The molecule has 19 heavy (non-hydrogen) atoms. The molecule has 100 valence electrons. The molecular formula is C18H23N. The molecule has 0 aliphatic heterocycles. The van der Waals surface area contributed by atoms with Crippen LogP contribution >= 0.6 is 0 Å². The number of benzene rings is 2. The third-order valence-corrected chi connectivity index (χ3v) is 4.19. The van der Waals surface area contributed by atoms with Crippen LogP contribution < -0.4 is 5.32 Å². The molecule has 1 atom stereocenters. The molecule has 1 aliphatic rings. The summed E-state index contributed by atoms with van der Waals surface area (Å²) in [5, 5.41) is 6.34. The molecule has 1 aliphatic carbocycles. The zero-order valence-electron chi connectivity index (χ0n) is 11.7. The molecule has 1 nitrogen and oxygen atoms in total. The van der Waals surface area contributed by atoms with E-state index in [-0.39, 0.29) is 0 Å². The van der Waals surface area contributed by atoms with E-state index in [0.29, 0.717) is 6.04 Å². The van der Waals surface area contributed by atoms with Crippen LogP contribution in [0, 0.1) is 5.92 Å². The molecule has 0 amide bonds. The monoisotopic (exact) mass is 253 g/mol. The Labute approximate surface area is 116 Å². The summed E-state index contributed by atoms with van der Waals surface area (Å²) in [6, 6.07) is 16.1. The van der Waals surface area contributed by atoms with Crippen molar-refractivity contribution < 1.29 is 0 Å². The van der Waals surface area contributed by atoms with Crippen LogP contribution in [0.15, 0.2) is 42.5 Å². The van der Waals surface area contributed by atoms with Gasteiger partial charge < -0.3 is 5.32 Å². The summed E-state index contributed by atoms with van der Waals surface area (Å²) in [7, 11) is 0. The number of nitrogens with one attached hydrogen (secondary N) is 1. The first-order valence-electron chi connectivity index (χ1n) is 7.59. The van der Waals surface area contributed by atoms with Gasteiger partial charge in [-0.15, -0.1) is 0 Å². The van der Waals surface area contributed by atoms with Crippen LogP contribution in [0.1, 0.15) is 44.2 Å². The second-order valence-electron chi connectivity index (χ2n) is 5.74. The van der Waals surface area contributed by atoms with Gasteiger partial charge in [-0.2, -0.15) is 0 Å². The maximum atomic E-state index is 3.65. The lowest BCUT2D eigenvalue weighted by molar-refractivity contribution is 0.482. The van der Waals surface area contributed by atoms with Crippen molar-refractivity contribution in [1.82, 2.24) is 5.32 Å². The van der Waals surface area contributed by atoms with Gasteiger partial charge in [0.25, 0.3) is 0 Å². The van der Waals surface area contributed by atoms with Crippen LogP contribution in [0.3, 0.4) is 0 Å². The highest BCUT2D eigenvalue weighted by Crippen LogP contribution is 2.36. The average Bonchev–Trinajstić information content (AvgIpc) is 3.27. The molecule has 0 aromatic heterocycles. The summed E-state index contributed by atoms with van der Waals surface area (Å²) in [6.45, 7) is 3.24. The van der Waals surface area contributed by atoms with Crippen molar-refractivity contribution in [2.24, 2.45) is 5.92 Å². The average molecular weight is 253 g/mol. The van der Waals surface area contributed by atoms with E-state index in [1.54, 1.807) is 0 Å². The molecule has 0 bridgehead atoms. The first-order chi connectivity index (χ1) is 9.36. The lowest BCUT2D eigenvalue weighted by Crippen LogP contribution is -2.21. The lowest BCUT2D eigenvalue weighted by atomic mass is 9.97. The van der Waals surface area contributed by atoms with E-state index in [9.17, 15) is 0 Å². The molecule has 0 spiro atoms. The molecular weight excluding hydrogens is 230 g/mol. The summed E-state index contributed by atoms with van der Waals surface area (Å²) in [6.07, 6.45) is 5.56. The van der Waals surface area contributed by atoms with Crippen molar-refractivity contribution >= 4 is 10.8 Å². The van der Waals surface area contributed by atoms with E-state index in [4.69, 9.17) is 0 Å². The third-order valence-electron chi connectivity index (χ3n) is 4.19.